The molecule has 0 saturated carbocycles. The zero-order valence-electron chi connectivity index (χ0n) is 10.8. The van der Waals surface area contributed by atoms with E-state index in [1.807, 2.05) is 24.3 Å². The maximum atomic E-state index is 12.0. The summed E-state index contributed by atoms with van der Waals surface area (Å²) in [6, 6.07) is 11.4. The predicted octanol–water partition coefficient (Wildman–Crippen LogP) is 3.95. The van der Waals surface area contributed by atoms with Gasteiger partial charge in [0.2, 0.25) is 0 Å². The molecule has 0 aliphatic carbocycles. The fourth-order valence-corrected chi connectivity index (χ4v) is 2.07. The second-order valence-corrected chi connectivity index (χ2v) is 4.72. The molecule has 0 atom stereocenters. The van der Waals surface area contributed by atoms with E-state index in [4.69, 9.17) is 12.2 Å². The lowest BCUT2D eigenvalue weighted by Gasteiger charge is -2.06. The Morgan fingerprint density at radius 3 is 2.63 bits per heavy atom. The third-order valence-electron chi connectivity index (χ3n) is 2.81. The van der Waals surface area contributed by atoms with Crippen LogP contribution in [0, 0.1) is 4.64 Å². The van der Waals surface area contributed by atoms with Gasteiger partial charge >= 0.3 is 0 Å². The normalized spacial score (nSPS) is 10.2. The maximum Gasteiger partial charge on any atom is 0.258 e. The molecule has 1 heterocycles. The first-order valence-corrected chi connectivity index (χ1v) is 6.69. The van der Waals surface area contributed by atoms with Crippen molar-refractivity contribution in [2.75, 3.05) is 5.32 Å². The van der Waals surface area contributed by atoms with Crippen LogP contribution in [0.1, 0.15) is 29.3 Å². The third kappa shape index (κ3) is 3.51. The van der Waals surface area contributed by atoms with Gasteiger partial charge in [-0.15, -0.1) is 0 Å². The van der Waals surface area contributed by atoms with E-state index in [-0.39, 0.29) is 5.91 Å². The average Bonchev–Trinajstić information content (AvgIpc) is 2.42. The molecule has 0 fully saturated rings. The highest BCUT2D eigenvalue weighted by atomic mass is 32.1. The second kappa shape index (κ2) is 6.29. The van der Waals surface area contributed by atoms with Gasteiger partial charge < -0.3 is 10.3 Å². The number of benzene rings is 1. The number of nitrogens with one attached hydrogen (secondary N) is 2. The van der Waals surface area contributed by atoms with Gasteiger partial charge in [-0.25, -0.2) is 0 Å². The molecule has 0 aliphatic heterocycles. The van der Waals surface area contributed by atoms with Crippen LogP contribution in [0.3, 0.4) is 0 Å². The zero-order valence-corrected chi connectivity index (χ0v) is 11.6. The van der Waals surface area contributed by atoms with Crippen molar-refractivity contribution in [2.45, 2.75) is 19.8 Å². The first-order valence-electron chi connectivity index (χ1n) is 6.28. The fraction of sp³-hybridized carbons (Fsp3) is 0.200. The molecule has 98 valence electrons. The Kier molecular flexibility index (Phi) is 4.47. The smallest absolute Gasteiger partial charge is 0.258 e. The molecule has 1 amide bonds. The number of amides is 1. The number of pyridine rings is 1. The molecule has 0 radical (unpaired) electrons. The summed E-state index contributed by atoms with van der Waals surface area (Å²) >= 11 is 5.08. The van der Waals surface area contributed by atoms with Gasteiger partial charge in [-0.05, 0) is 36.2 Å². The third-order valence-corrected chi connectivity index (χ3v) is 3.15. The summed E-state index contributed by atoms with van der Waals surface area (Å²) in [6.07, 6.45) is 3.88. The lowest BCUT2D eigenvalue weighted by atomic mass is 10.1. The number of aromatic amines is 1. The molecule has 19 heavy (non-hydrogen) atoms. The lowest BCUT2D eigenvalue weighted by molar-refractivity contribution is 0.102. The number of hydrogen-bond donors (Lipinski definition) is 2. The SMILES string of the molecule is CCCc1ccc(NC(=O)c2ccc[nH]c2=S)cc1. The van der Waals surface area contributed by atoms with Crippen molar-refractivity contribution in [3.05, 3.63) is 58.4 Å². The summed E-state index contributed by atoms with van der Waals surface area (Å²) in [5.41, 5.74) is 2.54. The second-order valence-electron chi connectivity index (χ2n) is 4.31. The van der Waals surface area contributed by atoms with E-state index in [0.717, 1.165) is 18.5 Å². The maximum absolute atomic E-state index is 12.0. The highest BCUT2D eigenvalue weighted by Crippen LogP contribution is 2.12. The Balaban J connectivity index is 2.11. The average molecular weight is 272 g/mol. The minimum atomic E-state index is -0.190. The van der Waals surface area contributed by atoms with E-state index in [9.17, 15) is 4.79 Å². The zero-order chi connectivity index (χ0) is 13.7. The van der Waals surface area contributed by atoms with Gasteiger partial charge in [0.1, 0.15) is 4.64 Å². The first-order chi connectivity index (χ1) is 9.20. The van der Waals surface area contributed by atoms with E-state index in [1.165, 1.54) is 5.56 Å². The fourth-order valence-electron chi connectivity index (χ4n) is 1.84. The van der Waals surface area contributed by atoms with Crippen LogP contribution in [-0.4, -0.2) is 10.9 Å². The quantitative estimate of drug-likeness (QED) is 0.828. The Morgan fingerprint density at radius 1 is 1.26 bits per heavy atom. The molecule has 2 rings (SSSR count). The number of anilines is 1. The molecule has 2 aromatic rings. The van der Waals surface area contributed by atoms with Crippen molar-refractivity contribution in [2.24, 2.45) is 0 Å². The molecular formula is C15H16N2OS. The van der Waals surface area contributed by atoms with Gasteiger partial charge in [0.25, 0.3) is 5.91 Å². The van der Waals surface area contributed by atoms with Gasteiger partial charge in [-0.2, -0.15) is 0 Å². The van der Waals surface area contributed by atoms with Crippen LogP contribution in [-0.2, 0) is 6.42 Å². The summed E-state index contributed by atoms with van der Waals surface area (Å²) < 4.78 is 0.447. The molecular weight excluding hydrogens is 256 g/mol. The summed E-state index contributed by atoms with van der Waals surface area (Å²) in [7, 11) is 0. The molecule has 0 saturated heterocycles. The topological polar surface area (TPSA) is 44.9 Å². The summed E-state index contributed by atoms with van der Waals surface area (Å²) in [6.45, 7) is 2.15. The Hall–Kier alpha value is -1.94. The van der Waals surface area contributed by atoms with Crippen molar-refractivity contribution in [1.82, 2.24) is 4.98 Å². The molecule has 0 unspecified atom stereocenters. The predicted molar refractivity (Wildman–Crippen MR) is 80.0 cm³/mol. The number of aryl methyl sites for hydroxylation is 1. The van der Waals surface area contributed by atoms with Crippen molar-refractivity contribution >= 4 is 23.8 Å². The largest absolute Gasteiger partial charge is 0.352 e. The number of carbonyl (C=O) groups excluding carboxylic acids is 1. The van der Waals surface area contributed by atoms with Crippen LogP contribution in [0.25, 0.3) is 0 Å². The van der Waals surface area contributed by atoms with Gasteiger partial charge in [0, 0.05) is 11.9 Å². The van der Waals surface area contributed by atoms with E-state index in [2.05, 4.69) is 17.2 Å². The molecule has 1 aromatic heterocycles. The number of H-pyrrole nitrogens is 1. The Bertz CT molecular complexity index is 617. The molecule has 0 aliphatic rings. The summed E-state index contributed by atoms with van der Waals surface area (Å²) in [5, 5.41) is 2.84. The van der Waals surface area contributed by atoms with Crippen LogP contribution < -0.4 is 5.32 Å². The van der Waals surface area contributed by atoms with Crippen molar-refractivity contribution < 1.29 is 4.79 Å². The van der Waals surface area contributed by atoms with E-state index in [1.54, 1.807) is 18.3 Å². The van der Waals surface area contributed by atoms with Gasteiger partial charge in [0.05, 0.1) is 5.56 Å². The van der Waals surface area contributed by atoms with E-state index in [0.29, 0.717) is 10.2 Å². The number of carbonyl (C=O) groups is 1. The summed E-state index contributed by atoms with van der Waals surface area (Å²) in [5.74, 6) is -0.190. The van der Waals surface area contributed by atoms with Crippen LogP contribution >= 0.6 is 12.2 Å². The molecule has 3 nitrogen and oxygen atoms in total. The van der Waals surface area contributed by atoms with Gasteiger partial charge in [-0.3, -0.25) is 4.79 Å². The number of hydrogen-bond acceptors (Lipinski definition) is 2. The highest BCUT2D eigenvalue weighted by Gasteiger charge is 2.07. The minimum absolute atomic E-state index is 0.190. The van der Waals surface area contributed by atoms with Crippen LogP contribution in [0.15, 0.2) is 42.6 Å². The van der Waals surface area contributed by atoms with Crippen LogP contribution in [0.5, 0.6) is 0 Å². The van der Waals surface area contributed by atoms with Crippen molar-refractivity contribution in [1.29, 1.82) is 0 Å². The molecule has 0 spiro atoms. The van der Waals surface area contributed by atoms with Gasteiger partial charge in [-0.1, -0.05) is 37.7 Å². The monoisotopic (exact) mass is 272 g/mol. The Morgan fingerprint density at radius 2 is 2.00 bits per heavy atom. The standard InChI is InChI=1S/C15H16N2OS/c1-2-4-11-6-8-12(9-7-11)17-14(18)13-5-3-10-16-15(13)19/h3,5-10H,2,4H2,1H3,(H,16,19)(H,17,18). The molecule has 2 N–H and O–H groups in total. The van der Waals surface area contributed by atoms with Gasteiger partial charge in [0.15, 0.2) is 0 Å². The van der Waals surface area contributed by atoms with E-state index >= 15 is 0 Å². The minimum Gasteiger partial charge on any atom is -0.352 e. The van der Waals surface area contributed by atoms with Crippen LogP contribution in [0.4, 0.5) is 5.69 Å². The molecule has 1 aromatic carbocycles. The van der Waals surface area contributed by atoms with Crippen molar-refractivity contribution in [3.8, 4) is 0 Å². The Labute approximate surface area is 117 Å². The van der Waals surface area contributed by atoms with Crippen molar-refractivity contribution in [3.63, 3.8) is 0 Å². The molecule has 0 bridgehead atoms. The number of aromatic nitrogens is 1. The first kappa shape index (κ1) is 13.5. The van der Waals surface area contributed by atoms with Crippen LogP contribution in [0.2, 0.25) is 0 Å². The molecule has 4 heteroatoms. The number of rotatable bonds is 4. The highest BCUT2D eigenvalue weighted by molar-refractivity contribution is 7.71. The van der Waals surface area contributed by atoms with E-state index < -0.39 is 0 Å². The lowest BCUT2D eigenvalue weighted by Crippen LogP contribution is -2.12. The summed E-state index contributed by atoms with van der Waals surface area (Å²) in [4.78, 5) is 14.9.